The zero-order valence-electron chi connectivity index (χ0n) is 15.7. The summed E-state index contributed by atoms with van der Waals surface area (Å²) < 4.78 is 37.8. The highest BCUT2D eigenvalue weighted by Crippen LogP contribution is 2.15. The van der Waals surface area contributed by atoms with Crippen molar-refractivity contribution in [1.82, 2.24) is 4.72 Å². The minimum absolute atomic E-state index is 0.0394. The molecule has 1 aliphatic rings. The van der Waals surface area contributed by atoms with Gasteiger partial charge in [-0.1, -0.05) is 24.3 Å². The lowest BCUT2D eigenvalue weighted by molar-refractivity contribution is -0.119. The number of carbonyl (C=O) groups is 2. The molecular formula is C20H22N2O6S. The van der Waals surface area contributed by atoms with Gasteiger partial charge in [-0.25, -0.2) is 17.9 Å². The van der Waals surface area contributed by atoms with Crippen LogP contribution in [0, 0.1) is 0 Å². The summed E-state index contributed by atoms with van der Waals surface area (Å²) in [6, 6.07) is 14.2. The fourth-order valence-corrected chi connectivity index (χ4v) is 3.93. The van der Waals surface area contributed by atoms with E-state index in [1.807, 2.05) is 6.07 Å². The van der Waals surface area contributed by atoms with Gasteiger partial charge in [0.05, 0.1) is 16.6 Å². The summed E-state index contributed by atoms with van der Waals surface area (Å²) >= 11 is 0. The second-order valence-corrected chi connectivity index (χ2v) is 8.27. The molecule has 8 nitrogen and oxygen atoms in total. The van der Waals surface area contributed by atoms with E-state index >= 15 is 0 Å². The van der Waals surface area contributed by atoms with E-state index in [0.29, 0.717) is 12.3 Å². The van der Waals surface area contributed by atoms with E-state index in [1.54, 1.807) is 24.3 Å². The van der Waals surface area contributed by atoms with E-state index in [9.17, 15) is 18.0 Å². The molecule has 9 heteroatoms. The third-order valence-corrected chi connectivity index (χ3v) is 5.72. The first-order valence-electron chi connectivity index (χ1n) is 9.17. The number of amides is 1. The summed E-state index contributed by atoms with van der Waals surface area (Å²) in [4.78, 5) is 24.0. The van der Waals surface area contributed by atoms with Crippen LogP contribution in [0.25, 0.3) is 0 Å². The number of esters is 1. The Balaban J connectivity index is 1.56. The van der Waals surface area contributed by atoms with Gasteiger partial charge in [0.1, 0.15) is 0 Å². The largest absolute Gasteiger partial charge is 0.452 e. The summed E-state index contributed by atoms with van der Waals surface area (Å²) in [5.74, 6) is -1.28. The molecule has 1 fully saturated rings. The standard InChI is InChI=1S/C20H22N2O6S/c23-19(22-16-7-2-1-3-8-16)14-28-20(24)15-6-4-10-18(12-15)29(25,26)21-13-17-9-5-11-27-17/h1-4,6-8,10,12,17,21H,5,9,11,13-14H2,(H,22,23)/t17-/m0/s1. The van der Waals surface area contributed by atoms with E-state index in [4.69, 9.17) is 9.47 Å². The van der Waals surface area contributed by atoms with Crippen LogP contribution in [-0.4, -0.2) is 46.2 Å². The van der Waals surface area contributed by atoms with Gasteiger partial charge in [-0.3, -0.25) is 4.79 Å². The molecule has 0 aromatic heterocycles. The second kappa shape index (κ2) is 9.64. The average Bonchev–Trinajstić information content (AvgIpc) is 3.25. The molecule has 0 radical (unpaired) electrons. The average molecular weight is 418 g/mol. The Hall–Kier alpha value is -2.75. The quantitative estimate of drug-likeness (QED) is 0.634. The highest BCUT2D eigenvalue weighted by Gasteiger charge is 2.21. The highest BCUT2D eigenvalue weighted by molar-refractivity contribution is 7.89. The van der Waals surface area contributed by atoms with Crippen LogP contribution in [-0.2, 0) is 24.3 Å². The monoisotopic (exact) mass is 418 g/mol. The molecule has 0 unspecified atom stereocenters. The van der Waals surface area contributed by atoms with Gasteiger partial charge in [0.2, 0.25) is 10.0 Å². The third kappa shape index (κ3) is 6.11. The SMILES string of the molecule is O=C(COC(=O)c1cccc(S(=O)(=O)NC[C@@H]2CCCO2)c1)Nc1ccccc1. The van der Waals surface area contributed by atoms with Crippen molar-refractivity contribution in [1.29, 1.82) is 0 Å². The molecular weight excluding hydrogens is 396 g/mol. The van der Waals surface area contributed by atoms with Crippen molar-refractivity contribution in [2.45, 2.75) is 23.8 Å². The number of benzene rings is 2. The number of ether oxygens (including phenoxy) is 2. The summed E-state index contributed by atoms with van der Waals surface area (Å²) in [5, 5.41) is 2.59. The maximum absolute atomic E-state index is 12.5. The Labute approximate surface area is 169 Å². The van der Waals surface area contributed by atoms with Gasteiger partial charge in [0.15, 0.2) is 6.61 Å². The first-order valence-corrected chi connectivity index (χ1v) is 10.7. The van der Waals surface area contributed by atoms with Crippen molar-refractivity contribution in [3.63, 3.8) is 0 Å². The molecule has 0 spiro atoms. The van der Waals surface area contributed by atoms with Gasteiger partial charge in [-0.2, -0.15) is 0 Å². The Bertz CT molecular complexity index is 956. The van der Waals surface area contributed by atoms with Crippen LogP contribution < -0.4 is 10.0 Å². The number of para-hydroxylation sites is 1. The van der Waals surface area contributed by atoms with Crippen LogP contribution in [0.5, 0.6) is 0 Å². The van der Waals surface area contributed by atoms with Gasteiger partial charge in [-0.15, -0.1) is 0 Å². The Kier molecular flexibility index (Phi) is 6.97. The summed E-state index contributed by atoms with van der Waals surface area (Å²) in [7, 11) is -3.79. The van der Waals surface area contributed by atoms with Gasteiger partial charge in [0.25, 0.3) is 5.91 Å². The van der Waals surface area contributed by atoms with Crippen molar-refractivity contribution in [3.05, 3.63) is 60.2 Å². The highest BCUT2D eigenvalue weighted by atomic mass is 32.2. The van der Waals surface area contributed by atoms with E-state index in [-0.39, 0.29) is 23.1 Å². The number of carbonyl (C=O) groups excluding carboxylic acids is 2. The first-order chi connectivity index (χ1) is 13.9. The van der Waals surface area contributed by atoms with E-state index in [0.717, 1.165) is 12.8 Å². The third-order valence-electron chi connectivity index (χ3n) is 4.30. The lowest BCUT2D eigenvalue weighted by Crippen LogP contribution is -2.32. The Morgan fingerprint density at radius 2 is 1.90 bits per heavy atom. The first kappa shape index (κ1) is 21.0. The smallest absolute Gasteiger partial charge is 0.338 e. The van der Waals surface area contributed by atoms with Crippen LogP contribution in [0.4, 0.5) is 5.69 Å². The Morgan fingerprint density at radius 1 is 1.10 bits per heavy atom. The molecule has 1 atom stereocenters. The van der Waals surface area contributed by atoms with Gasteiger partial charge >= 0.3 is 5.97 Å². The predicted octanol–water partition coefficient (Wildman–Crippen LogP) is 1.94. The molecule has 2 N–H and O–H groups in total. The second-order valence-electron chi connectivity index (χ2n) is 6.51. The van der Waals surface area contributed by atoms with Crippen molar-refractivity contribution >= 4 is 27.6 Å². The minimum atomic E-state index is -3.79. The number of nitrogens with one attached hydrogen (secondary N) is 2. The summed E-state index contributed by atoms with van der Waals surface area (Å²) in [5.41, 5.74) is 0.622. The molecule has 1 heterocycles. The normalized spacial score (nSPS) is 16.3. The number of sulfonamides is 1. The van der Waals surface area contributed by atoms with Crippen molar-refractivity contribution in [2.24, 2.45) is 0 Å². The maximum atomic E-state index is 12.5. The molecule has 3 rings (SSSR count). The Morgan fingerprint density at radius 3 is 2.62 bits per heavy atom. The van der Waals surface area contributed by atoms with Crippen molar-refractivity contribution < 1.29 is 27.5 Å². The van der Waals surface area contributed by atoms with E-state index < -0.39 is 28.5 Å². The predicted molar refractivity (Wildman–Crippen MR) is 106 cm³/mol. The topological polar surface area (TPSA) is 111 Å². The molecule has 29 heavy (non-hydrogen) atoms. The maximum Gasteiger partial charge on any atom is 0.338 e. The fraction of sp³-hybridized carbons (Fsp3) is 0.300. The number of anilines is 1. The molecule has 1 amide bonds. The molecule has 154 valence electrons. The molecule has 1 saturated heterocycles. The van der Waals surface area contributed by atoms with Crippen LogP contribution >= 0.6 is 0 Å². The molecule has 2 aromatic carbocycles. The lowest BCUT2D eigenvalue weighted by atomic mass is 10.2. The van der Waals surface area contributed by atoms with Gasteiger partial charge in [-0.05, 0) is 43.2 Å². The van der Waals surface area contributed by atoms with Crippen LogP contribution in [0.15, 0.2) is 59.5 Å². The molecule has 0 saturated carbocycles. The molecule has 2 aromatic rings. The van der Waals surface area contributed by atoms with Gasteiger partial charge in [0, 0.05) is 18.8 Å². The number of rotatable bonds is 8. The van der Waals surface area contributed by atoms with Crippen molar-refractivity contribution in [2.75, 3.05) is 25.1 Å². The number of hydrogen-bond donors (Lipinski definition) is 2. The zero-order valence-corrected chi connectivity index (χ0v) is 16.5. The molecule has 0 aliphatic carbocycles. The van der Waals surface area contributed by atoms with Crippen molar-refractivity contribution in [3.8, 4) is 0 Å². The minimum Gasteiger partial charge on any atom is -0.452 e. The van der Waals surface area contributed by atoms with Crippen LogP contribution in [0.1, 0.15) is 23.2 Å². The fourth-order valence-electron chi connectivity index (χ4n) is 2.81. The van der Waals surface area contributed by atoms with Crippen LogP contribution in [0.2, 0.25) is 0 Å². The summed E-state index contributed by atoms with van der Waals surface area (Å²) in [6.07, 6.45) is 1.58. The zero-order chi connectivity index (χ0) is 20.7. The van der Waals surface area contributed by atoms with E-state index in [2.05, 4.69) is 10.0 Å². The van der Waals surface area contributed by atoms with Crippen LogP contribution in [0.3, 0.4) is 0 Å². The van der Waals surface area contributed by atoms with Gasteiger partial charge < -0.3 is 14.8 Å². The molecule has 1 aliphatic heterocycles. The molecule has 0 bridgehead atoms. The number of hydrogen-bond acceptors (Lipinski definition) is 6. The van der Waals surface area contributed by atoms with E-state index in [1.165, 1.54) is 24.3 Å². The summed E-state index contributed by atoms with van der Waals surface area (Å²) in [6.45, 7) is 0.324. The lowest BCUT2D eigenvalue weighted by Gasteiger charge is -2.12.